The van der Waals surface area contributed by atoms with Gasteiger partial charge in [-0.25, -0.2) is 13.2 Å². The van der Waals surface area contributed by atoms with Gasteiger partial charge in [0.15, 0.2) is 0 Å². The van der Waals surface area contributed by atoms with Gasteiger partial charge in [0.1, 0.15) is 0 Å². The van der Waals surface area contributed by atoms with Gasteiger partial charge in [-0.3, -0.25) is 0 Å². The zero-order valence-corrected chi connectivity index (χ0v) is 14.2. The van der Waals surface area contributed by atoms with E-state index >= 15 is 0 Å². The molecule has 1 N–H and O–H groups in total. The second-order valence-corrected chi connectivity index (χ2v) is 7.43. The highest BCUT2D eigenvalue weighted by molar-refractivity contribution is 7.89. The zero-order valence-electron chi connectivity index (χ0n) is 13.4. The first kappa shape index (κ1) is 17.3. The molecule has 0 unspecified atom stereocenters. The Morgan fingerprint density at radius 3 is 2.48 bits per heavy atom. The van der Waals surface area contributed by atoms with Crippen molar-refractivity contribution in [1.82, 2.24) is 14.5 Å². The van der Waals surface area contributed by atoms with Gasteiger partial charge >= 0.3 is 6.03 Å². The maximum Gasteiger partial charge on any atom is 0.318 e. The number of nitrogens with one attached hydrogen (secondary N) is 1. The van der Waals surface area contributed by atoms with Crippen LogP contribution >= 0.6 is 0 Å². The molecule has 1 aromatic rings. The van der Waals surface area contributed by atoms with Gasteiger partial charge < -0.3 is 10.2 Å². The highest BCUT2D eigenvalue weighted by Crippen LogP contribution is 2.22. The highest BCUT2D eigenvalue weighted by Gasteiger charge is 2.30. The van der Waals surface area contributed by atoms with E-state index in [0.29, 0.717) is 18.0 Å². The van der Waals surface area contributed by atoms with Gasteiger partial charge in [0.25, 0.3) is 0 Å². The van der Waals surface area contributed by atoms with Crippen LogP contribution in [-0.4, -0.2) is 56.4 Å². The maximum absolute atomic E-state index is 12.7. The smallest absolute Gasteiger partial charge is 0.318 e. The fourth-order valence-electron chi connectivity index (χ4n) is 2.60. The lowest BCUT2D eigenvalue weighted by molar-refractivity contribution is 0.173. The van der Waals surface area contributed by atoms with Gasteiger partial charge in [0, 0.05) is 26.2 Å². The average molecular weight is 335 g/mol. The molecular formula is C16H21N3O3S. The topological polar surface area (TPSA) is 69.7 Å². The summed E-state index contributed by atoms with van der Waals surface area (Å²) in [4.78, 5) is 13.7. The predicted molar refractivity (Wildman–Crippen MR) is 88.5 cm³/mol. The second kappa shape index (κ2) is 7.02. The van der Waals surface area contributed by atoms with Crippen LogP contribution in [0.5, 0.6) is 0 Å². The molecule has 23 heavy (non-hydrogen) atoms. The van der Waals surface area contributed by atoms with Gasteiger partial charge in [0.05, 0.1) is 11.4 Å². The number of sulfonamides is 1. The molecule has 7 heteroatoms. The van der Waals surface area contributed by atoms with Gasteiger partial charge in [-0.05, 0) is 25.5 Å². The van der Waals surface area contributed by atoms with Crippen LogP contribution in [0.2, 0.25) is 0 Å². The molecule has 1 saturated heterocycles. The maximum atomic E-state index is 12.7. The quantitative estimate of drug-likeness (QED) is 0.836. The molecule has 0 aliphatic carbocycles. The molecule has 0 bridgehead atoms. The Hall–Kier alpha value is -2.04. The third kappa shape index (κ3) is 3.84. The number of piperazine rings is 1. The van der Waals surface area contributed by atoms with Gasteiger partial charge in [-0.1, -0.05) is 23.6 Å². The summed E-state index contributed by atoms with van der Waals surface area (Å²) in [6.07, 6.45) is 5.10. The van der Waals surface area contributed by atoms with Crippen LogP contribution in [0, 0.1) is 26.2 Å². The van der Waals surface area contributed by atoms with E-state index in [4.69, 9.17) is 6.42 Å². The third-order valence-electron chi connectivity index (χ3n) is 3.82. The molecule has 1 heterocycles. The van der Waals surface area contributed by atoms with E-state index in [9.17, 15) is 13.2 Å². The minimum Gasteiger partial charge on any atom is -0.327 e. The molecule has 1 aliphatic rings. The summed E-state index contributed by atoms with van der Waals surface area (Å²) in [7, 11) is -3.53. The molecule has 1 aromatic carbocycles. The number of amides is 2. The SMILES string of the molecule is C#CCNC(=O)N1CCN(S(=O)(=O)c2ccc(C)cc2C)CC1. The number of carbonyl (C=O) groups is 1. The van der Waals surface area contributed by atoms with Crippen molar-refractivity contribution in [3.8, 4) is 12.3 Å². The summed E-state index contributed by atoms with van der Waals surface area (Å²) >= 11 is 0. The number of rotatable bonds is 3. The monoisotopic (exact) mass is 335 g/mol. The summed E-state index contributed by atoms with van der Waals surface area (Å²) in [5.74, 6) is 2.34. The largest absolute Gasteiger partial charge is 0.327 e. The van der Waals surface area contributed by atoms with E-state index in [1.165, 1.54) is 4.31 Å². The molecular weight excluding hydrogens is 314 g/mol. The Balaban J connectivity index is 2.07. The van der Waals surface area contributed by atoms with Crippen LogP contribution in [0.3, 0.4) is 0 Å². The second-order valence-electron chi connectivity index (χ2n) is 5.52. The van der Waals surface area contributed by atoms with Gasteiger partial charge in [-0.2, -0.15) is 4.31 Å². The Labute approximate surface area is 137 Å². The first-order valence-electron chi connectivity index (χ1n) is 7.40. The van der Waals surface area contributed by atoms with Crippen LogP contribution in [0.1, 0.15) is 11.1 Å². The summed E-state index contributed by atoms with van der Waals surface area (Å²) in [5.41, 5.74) is 1.76. The summed E-state index contributed by atoms with van der Waals surface area (Å²) in [6.45, 7) is 5.14. The standard InChI is InChI=1S/C16H21N3O3S/c1-4-7-17-16(20)18-8-10-19(11-9-18)23(21,22)15-6-5-13(2)12-14(15)3/h1,5-6,12H,7-11H2,2-3H3,(H,17,20). The Bertz CT molecular complexity index is 729. The Morgan fingerprint density at radius 1 is 1.26 bits per heavy atom. The summed E-state index contributed by atoms with van der Waals surface area (Å²) in [6, 6.07) is 5.04. The Morgan fingerprint density at radius 2 is 1.91 bits per heavy atom. The number of nitrogens with zero attached hydrogens (tertiary/aromatic N) is 2. The first-order chi connectivity index (χ1) is 10.9. The third-order valence-corrected chi connectivity index (χ3v) is 5.87. The van der Waals surface area contributed by atoms with Gasteiger partial charge in [-0.15, -0.1) is 6.42 Å². The molecule has 1 aliphatic heterocycles. The molecule has 0 aromatic heterocycles. The summed E-state index contributed by atoms with van der Waals surface area (Å²) < 4.78 is 26.9. The molecule has 1 fully saturated rings. The van der Waals surface area contributed by atoms with Crippen molar-refractivity contribution in [2.45, 2.75) is 18.7 Å². The number of hydrogen-bond acceptors (Lipinski definition) is 3. The molecule has 0 saturated carbocycles. The highest BCUT2D eigenvalue weighted by atomic mass is 32.2. The average Bonchev–Trinajstić information content (AvgIpc) is 2.52. The summed E-state index contributed by atoms with van der Waals surface area (Å²) in [5, 5.41) is 2.59. The van der Waals surface area contributed by atoms with Crippen LogP contribution in [0.4, 0.5) is 4.79 Å². The van der Waals surface area contributed by atoms with E-state index in [1.54, 1.807) is 24.0 Å². The minimum atomic E-state index is -3.53. The van der Waals surface area contributed by atoms with Crippen molar-refractivity contribution in [2.75, 3.05) is 32.7 Å². The molecule has 0 atom stereocenters. The van der Waals surface area contributed by atoms with Crippen molar-refractivity contribution in [2.24, 2.45) is 0 Å². The van der Waals surface area contributed by atoms with E-state index in [0.717, 1.165) is 11.1 Å². The number of benzene rings is 1. The number of terminal acetylenes is 1. The van der Waals surface area contributed by atoms with Crippen molar-refractivity contribution in [1.29, 1.82) is 0 Å². The fraction of sp³-hybridized carbons (Fsp3) is 0.438. The van der Waals surface area contributed by atoms with Crippen molar-refractivity contribution >= 4 is 16.1 Å². The van der Waals surface area contributed by atoms with Crippen molar-refractivity contribution in [3.63, 3.8) is 0 Å². The van der Waals surface area contributed by atoms with E-state index in [1.807, 2.05) is 13.0 Å². The van der Waals surface area contributed by atoms with Crippen LogP contribution < -0.4 is 5.32 Å². The molecule has 0 spiro atoms. The lowest BCUT2D eigenvalue weighted by atomic mass is 10.2. The van der Waals surface area contributed by atoms with Crippen molar-refractivity contribution < 1.29 is 13.2 Å². The lowest BCUT2D eigenvalue weighted by Gasteiger charge is -2.34. The van der Waals surface area contributed by atoms with Crippen LogP contribution in [0.15, 0.2) is 23.1 Å². The van der Waals surface area contributed by atoms with Crippen molar-refractivity contribution in [3.05, 3.63) is 29.3 Å². The number of urea groups is 1. The normalized spacial score (nSPS) is 16.0. The van der Waals surface area contributed by atoms with E-state index < -0.39 is 10.0 Å². The Kier molecular flexibility index (Phi) is 5.29. The van der Waals surface area contributed by atoms with Crippen LogP contribution in [-0.2, 0) is 10.0 Å². The molecule has 0 radical (unpaired) electrons. The zero-order chi connectivity index (χ0) is 17.0. The fourth-order valence-corrected chi connectivity index (χ4v) is 4.23. The van der Waals surface area contributed by atoms with E-state index in [2.05, 4.69) is 11.2 Å². The number of aryl methyl sites for hydroxylation is 2. The number of hydrogen-bond donors (Lipinski definition) is 1. The lowest BCUT2D eigenvalue weighted by Crippen LogP contribution is -2.53. The molecule has 6 nitrogen and oxygen atoms in total. The minimum absolute atomic E-state index is 0.167. The molecule has 124 valence electrons. The van der Waals surface area contributed by atoms with E-state index in [-0.39, 0.29) is 25.7 Å². The predicted octanol–water partition coefficient (Wildman–Crippen LogP) is 0.953. The van der Waals surface area contributed by atoms with Crippen LogP contribution in [0.25, 0.3) is 0 Å². The number of carbonyl (C=O) groups excluding carboxylic acids is 1. The molecule has 2 amide bonds. The first-order valence-corrected chi connectivity index (χ1v) is 8.84. The van der Waals surface area contributed by atoms with Gasteiger partial charge in [0.2, 0.25) is 10.0 Å². The molecule has 2 rings (SSSR count).